The molecule has 0 fully saturated rings. The van der Waals surface area contributed by atoms with Crippen molar-refractivity contribution in [3.63, 3.8) is 0 Å². The highest BCUT2D eigenvalue weighted by Gasteiger charge is 2.07. The molecule has 70 valence electrons. The number of hydrogen-bond acceptors (Lipinski definition) is 3. The van der Waals surface area contributed by atoms with Crippen molar-refractivity contribution in [2.45, 2.75) is 0 Å². The van der Waals surface area contributed by atoms with Gasteiger partial charge in [0.1, 0.15) is 11.6 Å². The molecule has 0 spiro atoms. The average Bonchev–Trinajstić information content (AvgIpc) is 2.20. The third kappa shape index (κ3) is 1.42. The topological polar surface area (TPSA) is 51.8 Å². The van der Waals surface area contributed by atoms with Crippen LogP contribution in [0, 0.1) is 5.82 Å². The molecule has 14 heavy (non-hydrogen) atoms. The zero-order valence-electron chi connectivity index (χ0n) is 7.31. The summed E-state index contributed by atoms with van der Waals surface area (Å²) < 4.78 is 13.3. The summed E-state index contributed by atoms with van der Waals surface area (Å²) in [4.78, 5) is 7.55. The number of aromatic nitrogens is 2. The van der Waals surface area contributed by atoms with Crippen molar-refractivity contribution >= 4 is 5.82 Å². The molecule has 0 aromatic carbocycles. The minimum absolute atomic E-state index is 0.317. The van der Waals surface area contributed by atoms with Crippen LogP contribution in [0.1, 0.15) is 0 Å². The molecule has 0 aliphatic heterocycles. The van der Waals surface area contributed by atoms with Gasteiger partial charge in [-0.2, -0.15) is 0 Å². The third-order valence-electron chi connectivity index (χ3n) is 1.90. The van der Waals surface area contributed by atoms with Crippen LogP contribution in [-0.4, -0.2) is 9.97 Å². The quantitative estimate of drug-likeness (QED) is 0.744. The van der Waals surface area contributed by atoms with Crippen LogP contribution in [0.25, 0.3) is 11.1 Å². The molecule has 0 amide bonds. The third-order valence-corrected chi connectivity index (χ3v) is 1.90. The van der Waals surface area contributed by atoms with Crippen LogP contribution in [0.2, 0.25) is 0 Å². The molecule has 0 aliphatic carbocycles. The fourth-order valence-corrected chi connectivity index (χ4v) is 1.24. The Bertz CT molecular complexity index is 413. The molecular formula is C10H8FN3. The van der Waals surface area contributed by atoms with E-state index in [1.54, 1.807) is 24.4 Å². The summed E-state index contributed by atoms with van der Waals surface area (Å²) in [5.41, 5.74) is 6.64. The fraction of sp³-hybridized carbons (Fsp3) is 0. The lowest BCUT2D eigenvalue weighted by Crippen LogP contribution is -1.94. The highest BCUT2D eigenvalue weighted by atomic mass is 19.1. The number of anilines is 1. The first-order valence-electron chi connectivity index (χ1n) is 4.09. The summed E-state index contributed by atoms with van der Waals surface area (Å²) in [6.07, 6.45) is 4.24. The van der Waals surface area contributed by atoms with Gasteiger partial charge in [-0.05, 0) is 18.2 Å². The van der Waals surface area contributed by atoms with Crippen molar-refractivity contribution in [1.82, 2.24) is 9.97 Å². The van der Waals surface area contributed by atoms with Gasteiger partial charge in [0.05, 0.1) is 6.20 Å². The summed E-state index contributed by atoms with van der Waals surface area (Å²) in [6, 6.07) is 5.01. The Hall–Kier alpha value is -1.97. The smallest absolute Gasteiger partial charge is 0.149 e. The predicted molar refractivity (Wildman–Crippen MR) is 51.8 cm³/mol. The van der Waals surface area contributed by atoms with Gasteiger partial charge in [-0.3, -0.25) is 4.98 Å². The molecule has 0 radical (unpaired) electrons. The molecule has 3 nitrogen and oxygen atoms in total. The summed E-state index contributed by atoms with van der Waals surface area (Å²) >= 11 is 0. The Balaban J connectivity index is 2.61. The van der Waals surface area contributed by atoms with E-state index < -0.39 is 5.82 Å². The van der Waals surface area contributed by atoms with E-state index in [1.165, 1.54) is 6.20 Å². The summed E-state index contributed by atoms with van der Waals surface area (Å²) in [5.74, 6) is -0.0789. The normalized spacial score (nSPS) is 10.1. The lowest BCUT2D eigenvalue weighted by molar-refractivity contribution is 0.625. The van der Waals surface area contributed by atoms with Gasteiger partial charge in [-0.1, -0.05) is 0 Å². The van der Waals surface area contributed by atoms with Crippen LogP contribution in [0.3, 0.4) is 0 Å². The number of rotatable bonds is 1. The second-order valence-corrected chi connectivity index (χ2v) is 2.79. The molecule has 2 aromatic rings. The van der Waals surface area contributed by atoms with Gasteiger partial charge < -0.3 is 5.73 Å². The molecular weight excluding hydrogens is 181 g/mol. The lowest BCUT2D eigenvalue weighted by Gasteiger charge is -2.04. The van der Waals surface area contributed by atoms with Crippen molar-refractivity contribution in [2.24, 2.45) is 0 Å². The van der Waals surface area contributed by atoms with E-state index in [0.29, 0.717) is 16.9 Å². The molecule has 0 aliphatic rings. The molecule has 0 bridgehead atoms. The molecule has 2 rings (SSSR count). The van der Waals surface area contributed by atoms with Crippen molar-refractivity contribution in [1.29, 1.82) is 0 Å². The molecule has 4 heteroatoms. The van der Waals surface area contributed by atoms with E-state index in [9.17, 15) is 4.39 Å². The molecule has 0 saturated heterocycles. The van der Waals surface area contributed by atoms with Crippen molar-refractivity contribution in [3.8, 4) is 11.1 Å². The number of nitrogen functional groups attached to an aromatic ring is 1. The first-order valence-corrected chi connectivity index (χ1v) is 4.09. The van der Waals surface area contributed by atoms with E-state index in [1.807, 2.05) is 0 Å². The molecule has 2 N–H and O–H groups in total. The highest BCUT2D eigenvalue weighted by Crippen LogP contribution is 2.25. The SMILES string of the molecule is Nc1ncccc1-c1ccncc1F. The predicted octanol–water partition coefficient (Wildman–Crippen LogP) is 1.86. The highest BCUT2D eigenvalue weighted by molar-refractivity contribution is 5.73. The first-order chi connectivity index (χ1) is 6.79. The number of nitrogens with two attached hydrogens (primary N) is 1. The zero-order chi connectivity index (χ0) is 9.97. The standard InChI is InChI=1S/C10H8FN3/c11-9-6-13-5-3-7(9)8-2-1-4-14-10(8)12/h1-6H,(H2,12,14). The summed E-state index contributed by atoms with van der Waals surface area (Å²) in [5, 5.41) is 0. The first kappa shape index (κ1) is 8.62. The minimum atomic E-state index is -0.396. The number of hydrogen-bond donors (Lipinski definition) is 1. The van der Waals surface area contributed by atoms with Crippen LogP contribution in [0.5, 0.6) is 0 Å². The maximum Gasteiger partial charge on any atom is 0.149 e. The molecule has 0 saturated carbocycles. The Kier molecular flexibility index (Phi) is 2.10. The number of nitrogens with zero attached hydrogens (tertiary/aromatic N) is 2. The van der Waals surface area contributed by atoms with Gasteiger partial charge >= 0.3 is 0 Å². The number of halogens is 1. The average molecular weight is 189 g/mol. The monoisotopic (exact) mass is 189 g/mol. The minimum Gasteiger partial charge on any atom is -0.383 e. The Labute approximate surface area is 80.4 Å². The van der Waals surface area contributed by atoms with Crippen LogP contribution in [0.4, 0.5) is 10.2 Å². The second kappa shape index (κ2) is 3.41. The Morgan fingerprint density at radius 3 is 2.71 bits per heavy atom. The van der Waals surface area contributed by atoms with E-state index >= 15 is 0 Å². The summed E-state index contributed by atoms with van der Waals surface area (Å²) in [6.45, 7) is 0. The maximum absolute atomic E-state index is 13.3. The van der Waals surface area contributed by atoms with Gasteiger partial charge in [0.2, 0.25) is 0 Å². The summed E-state index contributed by atoms with van der Waals surface area (Å²) in [7, 11) is 0. The molecule has 2 heterocycles. The van der Waals surface area contributed by atoms with Crippen LogP contribution in [-0.2, 0) is 0 Å². The van der Waals surface area contributed by atoms with Crippen LogP contribution >= 0.6 is 0 Å². The van der Waals surface area contributed by atoms with E-state index in [-0.39, 0.29) is 0 Å². The van der Waals surface area contributed by atoms with Gasteiger partial charge in [0.25, 0.3) is 0 Å². The van der Waals surface area contributed by atoms with E-state index in [0.717, 1.165) is 6.20 Å². The van der Waals surface area contributed by atoms with Gasteiger partial charge in [-0.15, -0.1) is 0 Å². The van der Waals surface area contributed by atoms with Crippen molar-refractivity contribution in [3.05, 3.63) is 42.6 Å². The van der Waals surface area contributed by atoms with Crippen LogP contribution < -0.4 is 5.73 Å². The van der Waals surface area contributed by atoms with E-state index in [2.05, 4.69) is 9.97 Å². The maximum atomic E-state index is 13.3. The largest absolute Gasteiger partial charge is 0.383 e. The fourth-order valence-electron chi connectivity index (χ4n) is 1.24. The zero-order valence-corrected chi connectivity index (χ0v) is 7.31. The van der Waals surface area contributed by atoms with Crippen molar-refractivity contribution < 1.29 is 4.39 Å². The van der Waals surface area contributed by atoms with Crippen LogP contribution in [0.15, 0.2) is 36.8 Å². The molecule has 0 atom stereocenters. The number of pyridine rings is 2. The Morgan fingerprint density at radius 2 is 2.00 bits per heavy atom. The molecule has 0 unspecified atom stereocenters. The van der Waals surface area contributed by atoms with E-state index in [4.69, 9.17) is 5.73 Å². The lowest BCUT2D eigenvalue weighted by atomic mass is 10.1. The Morgan fingerprint density at radius 1 is 1.14 bits per heavy atom. The van der Waals surface area contributed by atoms with Gasteiger partial charge in [0, 0.05) is 23.5 Å². The second-order valence-electron chi connectivity index (χ2n) is 2.79. The molecule has 2 aromatic heterocycles. The van der Waals surface area contributed by atoms with Crippen molar-refractivity contribution in [2.75, 3.05) is 5.73 Å². The van der Waals surface area contributed by atoms with Gasteiger partial charge in [0.15, 0.2) is 0 Å². The van der Waals surface area contributed by atoms with Gasteiger partial charge in [-0.25, -0.2) is 9.37 Å².